The Bertz CT molecular complexity index is 278. The molecular formula is C10H24N2O3S. The van der Waals surface area contributed by atoms with Crippen molar-refractivity contribution in [3.63, 3.8) is 0 Å². The van der Waals surface area contributed by atoms with Crippen LogP contribution in [0.4, 0.5) is 0 Å². The maximum absolute atomic E-state index is 11.9. The van der Waals surface area contributed by atoms with E-state index in [0.29, 0.717) is 25.4 Å². The molecule has 0 spiro atoms. The molecule has 1 N–H and O–H groups in total. The highest BCUT2D eigenvalue weighted by molar-refractivity contribution is 7.86. The molecule has 0 atom stereocenters. The van der Waals surface area contributed by atoms with Gasteiger partial charge in [-0.25, -0.2) is 0 Å². The first kappa shape index (κ1) is 15.8. The summed E-state index contributed by atoms with van der Waals surface area (Å²) in [5.41, 5.74) is 0. The predicted octanol–water partition coefficient (Wildman–Crippen LogP) is 0.523. The van der Waals surface area contributed by atoms with Gasteiger partial charge in [0, 0.05) is 33.8 Å². The summed E-state index contributed by atoms with van der Waals surface area (Å²) in [7, 11) is -0.222. The van der Waals surface area contributed by atoms with Gasteiger partial charge in [-0.2, -0.15) is 17.0 Å². The molecule has 0 saturated carbocycles. The Hall–Kier alpha value is -0.170. The van der Waals surface area contributed by atoms with Crippen LogP contribution in [0.1, 0.15) is 26.7 Å². The predicted molar refractivity (Wildman–Crippen MR) is 65.3 cm³/mol. The van der Waals surface area contributed by atoms with E-state index >= 15 is 0 Å². The Balaban J connectivity index is 4.29. The molecule has 0 fully saturated rings. The zero-order valence-corrected chi connectivity index (χ0v) is 11.5. The van der Waals surface area contributed by atoms with E-state index in [2.05, 4.69) is 13.8 Å². The molecule has 0 radical (unpaired) electrons. The minimum atomic E-state index is -3.35. The van der Waals surface area contributed by atoms with Crippen LogP contribution in [0.25, 0.3) is 0 Å². The van der Waals surface area contributed by atoms with Crippen LogP contribution in [0.3, 0.4) is 0 Å². The van der Waals surface area contributed by atoms with Crippen LogP contribution < -0.4 is 0 Å². The van der Waals surface area contributed by atoms with E-state index in [0.717, 1.165) is 6.42 Å². The minimum Gasteiger partial charge on any atom is -0.396 e. The van der Waals surface area contributed by atoms with Crippen LogP contribution in [0.2, 0.25) is 0 Å². The van der Waals surface area contributed by atoms with Crippen LogP contribution in [-0.2, 0) is 10.2 Å². The fourth-order valence-corrected chi connectivity index (χ4v) is 2.37. The molecule has 0 bridgehead atoms. The van der Waals surface area contributed by atoms with Crippen molar-refractivity contribution >= 4 is 10.2 Å². The number of hydrogen-bond donors (Lipinski definition) is 1. The molecule has 16 heavy (non-hydrogen) atoms. The van der Waals surface area contributed by atoms with Gasteiger partial charge in [0.15, 0.2) is 0 Å². The highest BCUT2D eigenvalue weighted by Gasteiger charge is 2.22. The lowest BCUT2D eigenvalue weighted by atomic mass is 10.1. The monoisotopic (exact) mass is 252 g/mol. The molecule has 0 heterocycles. The van der Waals surface area contributed by atoms with Gasteiger partial charge in [0.1, 0.15) is 0 Å². The Morgan fingerprint density at radius 3 is 2.06 bits per heavy atom. The Morgan fingerprint density at radius 2 is 1.62 bits per heavy atom. The maximum Gasteiger partial charge on any atom is 0.281 e. The van der Waals surface area contributed by atoms with Gasteiger partial charge in [-0.05, 0) is 18.8 Å². The van der Waals surface area contributed by atoms with E-state index in [1.807, 2.05) is 0 Å². The Kier molecular flexibility index (Phi) is 7.14. The molecule has 0 saturated heterocycles. The molecule has 5 nitrogen and oxygen atoms in total. The van der Waals surface area contributed by atoms with E-state index < -0.39 is 10.2 Å². The summed E-state index contributed by atoms with van der Waals surface area (Å²) in [6.07, 6.45) is 1.32. The van der Waals surface area contributed by atoms with Crippen molar-refractivity contribution in [2.45, 2.75) is 26.7 Å². The fraction of sp³-hybridized carbons (Fsp3) is 1.00. The number of aliphatic hydroxyl groups is 1. The summed E-state index contributed by atoms with van der Waals surface area (Å²) in [6.45, 7) is 5.02. The van der Waals surface area contributed by atoms with Gasteiger partial charge in [0.2, 0.25) is 0 Å². The van der Waals surface area contributed by atoms with Crippen LogP contribution in [0.15, 0.2) is 0 Å². The molecule has 0 aromatic rings. The highest BCUT2D eigenvalue weighted by Crippen LogP contribution is 2.08. The van der Waals surface area contributed by atoms with E-state index in [4.69, 9.17) is 5.11 Å². The van der Waals surface area contributed by atoms with Gasteiger partial charge in [-0.15, -0.1) is 0 Å². The van der Waals surface area contributed by atoms with Crippen LogP contribution >= 0.6 is 0 Å². The second kappa shape index (κ2) is 7.21. The third kappa shape index (κ3) is 5.25. The molecule has 0 aliphatic heterocycles. The molecule has 0 aliphatic carbocycles. The lowest BCUT2D eigenvalue weighted by molar-refractivity contribution is 0.272. The largest absolute Gasteiger partial charge is 0.396 e. The molecule has 98 valence electrons. The normalized spacial score (nSPS) is 13.0. The summed E-state index contributed by atoms with van der Waals surface area (Å²) in [5.74, 6) is 0.486. The van der Waals surface area contributed by atoms with Crippen molar-refractivity contribution in [1.82, 2.24) is 8.61 Å². The van der Waals surface area contributed by atoms with Gasteiger partial charge in [0.05, 0.1) is 0 Å². The first-order valence-corrected chi connectivity index (χ1v) is 7.00. The van der Waals surface area contributed by atoms with Crippen molar-refractivity contribution in [3.8, 4) is 0 Å². The zero-order valence-electron chi connectivity index (χ0n) is 10.7. The standard InChI is InChI=1S/C10H24N2O3S/c1-10(2)6-8-12(4)16(14,15)11(3)7-5-9-13/h10,13H,5-9H2,1-4H3. The van der Waals surface area contributed by atoms with Crippen molar-refractivity contribution in [1.29, 1.82) is 0 Å². The third-order valence-electron chi connectivity index (χ3n) is 2.44. The van der Waals surface area contributed by atoms with Crippen molar-refractivity contribution in [2.24, 2.45) is 5.92 Å². The molecule has 0 aromatic carbocycles. The zero-order chi connectivity index (χ0) is 12.8. The first-order valence-electron chi connectivity index (χ1n) is 5.60. The average molecular weight is 252 g/mol. The summed E-state index contributed by atoms with van der Waals surface area (Å²) < 4.78 is 26.5. The second-order valence-corrected chi connectivity index (χ2v) is 6.55. The fourth-order valence-electron chi connectivity index (χ4n) is 1.20. The second-order valence-electron chi connectivity index (χ2n) is 4.41. The van der Waals surface area contributed by atoms with Gasteiger partial charge < -0.3 is 5.11 Å². The molecule has 0 rings (SSSR count). The Labute approximate surface area is 99.2 Å². The number of rotatable bonds is 8. The summed E-state index contributed by atoms with van der Waals surface area (Å²) >= 11 is 0. The quantitative estimate of drug-likeness (QED) is 0.685. The number of aliphatic hydroxyl groups excluding tert-OH is 1. The number of nitrogens with zero attached hydrogens (tertiary/aromatic N) is 2. The van der Waals surface area contributed by atoms with E-state index in [1.54, 1.807) is 7.05 Å². The Morgan fingerprint density at radius 1 is 1.12 bits per heavy atom. The average Bonchev–Trinajstić information content (AvgIpc) is 2.21. The molecule has 0 unspecified atom stereocenters. The third-order valence-corrected chi connectivity index (χ3v) is 4.38. The van der Waals surface area contributed by atoms with Gasteiger partial charge in [0.25, 0.3) is 10.2 Å². The van der Waals surface area contributed by atoms with Gasteiger partial charge in [-0.1, -0.05) is 13.8 Å². The number of hydrogen-bond acceptors (Lipinski definition) is 3. The van der Waals surface area contributed by atoms with Crippen molar-refractivity contribution in [2.75, 3.05) is 33.8 Å². The summed E-state index contributed by atoms with van der Waals surface area (Å²) in [4.78, 5) is 0. The topological polar surface area (TPSA) is 60.9 Å². The van der Waals surface area contributed by atoms with Crippen LogP contribution in [-0.4, -0.2) is 55.9 Å². The molecule has 0 amide bonds. The SMILES string of the molecule is CC(C)CCN(C)S(=O)(=O)N(C)CCCO. The first-order chi connectivity index (χ1) is 7.32. The molecule has 6 heteroatoms. The summed E-state index contributed by atoms with van der Waals surface area (Å²) in [6, 6.07) is 0. The minimum absolute atomic E-state index is 0.00949. The van der Waals surface area contributed by atoms with Crippen LogP contribution in [0.5, 0.6) is 0 Å². The van der Waals surface area contributed by atoms with E-state index in [9.17, 15) is 8.42 Å². The maximum atomic E-state index is 11.9. The van der Waals surface area contributed by atoms with Crippen molar-refractivity contribution < 1.29 is 13.5 Å². The molecule has 0 aromatic heterocycles. The van der Waals surface area contributed by atoms with Crippen molar-refractivity contribution in [3.05, 3.63) is 0 Å². The summed E-state index contributed by atoms with van der Waals surface area (Å²) in [5, 5.41) is 8.66. The lowest BCUT2D eigenvalue weighted by Crippen LogP contribution is -2.40. The van der Waals surface area contributed by atoms with Gasteiger partial charge >= 0.3 is 0 Å². The van der Waals surface area contributed by atoms with Gasteiger partial charge in [-0.3, -0.25) is 0 Å². The lowest BCUT2D eigenvalue weighted by Gasteiger charge is -2.24. The van der Waals surface area contributed by atoms with Crippen LogP contribution in [0, 0.1) is 5.92 Å². The smallest absolute Gasteiger partial charge is 0.281 e. The highest BCUT2D eigenvalue weighted by atomic mass is 32.2. The van der Waals surface area contributed by atoms with E-state index in [-0.39, 0.29) is 6.61 Å². The molecular weight excluding hydrogens is 228 g/mol. The molecule has 0 aliphatic rings. The van der Waals surface area contributed by atoms with E-state index in [1.165, 1.54) is 15.7 Å².